The Morgan fingerprint density at radius 3 is 2.81 bits per heavy atom. The van der Waals surface area contributed by atoms with Crippen molar-refractivity contribution in [2.24, 2.45) is 0 Å². The van der Waals surface area contributed by atoms with Crippen molar-refractivity contribution >= 4 is 17.7 Å². The number of anilines is 1. The van der Waals surface area contributed by atoms with Crippen LogP contribution in [-0.4, -0.2) is 48.6 Å². The van der Waals surface area contributed by atoms with E-state index in [1.807, 2.05) is 0 Å². The molecule has 3 heterocycles. The number of hydrogen-bond donors (Lipinski definition) is 3. The van der Waals surface area contributed by atoms with Crippen molar-refractivity contribution in [2.75, 3.05) is 25.0 Å². The SMILES string of the molecule is CCOC(=O)[C@H](CCCCCCCc1ccc2c(n1)NCCC2)NC(=O)[C@@H]1CCCN1. The lowest BCUT2D eigenvalue weighted by molar-refractivity contribution is -0.147. The monoisotopic (exact) mass is 430 g/mol. The summed E-state index contributed by atoms with van der Waals surface area (Å²) in [5, 5.41) is 9.48. The Balaban J connectivity index is 1.32. The minimum absolute atomic E-state index is 0.0809. The maximum absolute atomic E-state index is 12.4. The molecule has 0 spiro atoms. The van der Waals surface area contributed by atoms with Crippen LogP contribution in [0.1, 0.15) is 76.0 Å². The second-order valence-corrected chi connectivity index (χ2v) is 8.61. The number of rotatable bonds is 12. The van der Waals surface area contributed by atoms with Crippen LogP contribution in [0.3, 0.4) is 0 Å². The van der Waals surface area contributed by atoms with Gasteiger partial charge in [0, 0.05) is 12.2 Å². The van der Waals surface area contributed by atoms with E-state index in [4.69, 9.17) is 9.72 Å². The van der Waals surface area contributed by atoms with Gasteiger partial charge in [-0.3, -0.25) is 4.79 Å². The molecule has 1 amide bonds. The second kappa shape index (κ2) is 12.6. The smallest absolute Gasteiger partial charge is 0.328 e. The Morgan fingerprint density at radius 1 is 1.16 bits per heavy atom. The first-order chi connectivity index (χ1) is 15.2. The van der Waals surface area contributed by atoms with Gasteiger partial charge in [-0.25, -0.2) is 9.78 Å². The molecular formula is C24H38N4O3. The molecule has 172 valence electrons. The summed E-state index contributed by atoms with van der Waals surface area (Å²) in [6.07, 6.45) is 11.1. The first kappa shape index (κ1) is 23.5. The van der Waals surface area contributed by atoms with Crippen LogP contribution in [0.15, 0.2) is 12.1 Å². The fraction of sp³-hybridized carbons (Fsp3) is 0.708. The molecule has 2 atom stereocenters. The van der Waals surface area contributed by atoms with E-state index in [1.165, 1.54) is 17.7 Å². The van der Waals surface area contributed by atoms with Gasteiger partial charge in [-0.05, 0) is 70.0 Å². The van der Waals surface area contributed by atoms with Crippen molar-refractivity contribution in [3.8, 4) is 0 Å². The normalized spacial score (nSPS) is 18.7. The Labute approximate surface area is 186 Å². The molecule has 0 aromatic carbocycles. The zero-order valence-electron chi connectivity index (χ0n) is 18.9. The van der Waals surface area contributed by atoms with Crippen molar-refractivity contribution in [1.29, 1.82) is 0 Å². The van der Waals surface area contributed by atoms with E-state index in [1.54, 1.807) is 6.92 Å². The summed E-state index contributed by atoms with van der Waals surface area (Å²) in [5.74, 6) is 0.673. The predicted molar refractivity (Wildman–Crippen MR) is 122 cm³/mol. The Morgan fingerprint density at radius 2 is 2.00 bits per heavy atom. The zero-order chi connectivity index (χ0) is 21.9. The summed E-state index contributed by atoms with van der Waals surface area (Å²) in [6, 6.07) is 3.67. The minimum Gasteiger partial charge on any atom is -0.464 e. The number of carbonyl (C=O) groups is 2. The minimum atomic E-state index is -0.540. The highest BCUT2D eigenvalue weighted by Gasteiger charge is 2.27. The average Bonchev–Trinajstić information content (AvgIpc) is 3.33. The quantitative estimate of drug-likeness (QED) is 0.349. The third-order valence-electron chi connectivity index (χ3n) is 6.14. The molecule has 1 saturated heterocycles. The summed E-state index contributed by atoms with van der Waals surface area (Å²) in [6.45, 7) is 4.01. The first-order valence-electron chi connectivity index (χ1n) is 12.1. The standard InChI is InChI=1S/C24H38N4O3/c1-2-31-24(30)21(28-23(29)20-13-9-16-25-20)12-7-5-3-4-6-11-19-15-14-18-10-8-17-26-22(18)27-19/h14-15,20-21,25H,2-13,16-17H2,1H3,(H,26,27)(H,28,29)/t20-,21-/m0/s1. The second-order valence-electron chi connectivity index (χ2n) is 8.61. The number of aromatic nitrogens is 1. The number of carbonyl (C=O) groups excluding carboxylic acids is 2. The number of unbranched alkanes of at least 4 members (excludes halogenated alkanes) is 4. The Bertz CT molecular complexity index is 719. The number of esters is 1. The number of fused-ring (bicyclic) bond motifs is 1. The summed E-state index contributed by atoms with van der Waals surface area (Å²) < 4.78 is 5.17. The van der Waals surface area contributed by atoms with E-state index < -0.39 is 6.04 Å². The molecule has 0 bridgehead atoms. The van der Waals surface area contributed by atoms with E-state index in [-0.39, 0.29) is 17.9 Å². The number of amides is 1. The van der Waals surface area contributed by atoms with E-state index in [2.05, 4.69) is 28.1 Å². The Hall–Kier alpha value is -2.15. The maximum atomic E-state index is 12.4. The highest BCUT2D eigenvalue weighted by molar-refractivity contribution is 5.87. The lowest BCUT2D eigenvalue weighted by atomic mass is 10.0. The van der Waals surface area contributed by atoms with Crippen LogP contribution in [0, 0.1) is 0 Å². The zero-order valence-corrected chi connectivity index (χ0v) is 18.9. The molecular weight excluding hydrogens is 392 g/mol. The number of nitrogens with one attached hydrogen (secondary N) is 3. The molecule has 3 rings (SSSR count). The van der Waals surface area contributed by atoms with Crippen LogP contribution < -0.4 is 16.0 Å². The summed E-state index contributed by atoms with van der Waals surface area (Å²) >= 11 is 0. The Kier molecular flexibility index (Phi) is 9.59. The highest BCUT2D eigenvalue weighted by atomic mass is 16.5. The molecule has 2 aliphatic rings. The molecule has 7 heteroatoms. The van der Waals surface area contributed by atoms with E-state index in [0.29, 0.717) is 13.0 Å². The van der Waals surface area contributed by atoms with Gasteiger partial charge < -0.3 is 20.7 Å². The van der Waals surface area contributed by atoms with Crippen molar-refractivity contribution < 1.29 is 14.3 Å². The molecule has 7 nitrogen and oxygen atoms in total. The third kappa shape index (κ3) is 7.49. The number of hydrogen-bond acceptors (Lipinski definition) is 6. The third-order valence-corrected chi connectivity index (χ3v) is 6.14. The molecule has 0 radical (unpaired) electrons. The lowest BCUT2D eigenvalue weighted by Gasteiger charge is -2.19. The molecule has 0 aliphatic carbocycles. The summed E-state index contributed by atoms with van der Waals surface area (Å²) in [4.78, 5) is 29.4. The van der Waals surface area contributed by atoms with Crippen LogP contribution in [0.4, 0.5) is 5.82 Å². The summed E-state index contributed by atoms with van der Waals surface area (Å²) in [5.41, 5.74) is 2.50. The van der Waals surface area contributed by atoms with Gasteiger partial charge >= 0.3 is 5.97 Å². The van der Waals surface area contributed by atoms with Crippen molar-refractivity contribution in [3.05, 3.63) is 23.4 Å². The molecule has 1 fully saturated rings. The van der Waals surface area contributed by atoms with Crippen LogP contribution in [0.2, 0.25) is 0 Å². The van der Waals surface area contributed by atoms with Crippen molar-refractivity contribution in [3.63, 3.8) is 0 Å². The fourth-order valence-electron chi connectivity index (χ4n) is 4.37. The predicted octanol–water partition coefficient (Wildman–Crippen LogP) is 3.12. The van der Waals surface area contributed by atoms with Crippen LogP contribution in [0.5, 0.6) is 0 Å². The van der Waals surface area contributed by atoms with Gasteiger partial charge in [0.15, 0.2) is 0 Å². The molecule has 1 aromatic rings. The first-order valence-corrected chi connectivity index (χ1v) is 12.1. The largest absolute Gasteiger partial charge is 0.464 e. The van der Waals surface area contributed by atoms with E-state index in [9.17, 15) is 9.59 Å². The van der Waals surface area contributed by atoms with Gasteiger partial charge in [-0.2, -0.15) is 0 Å². The average molecular weight is 431 g/mol. The lowest BCUT2D eigenvalue weighted by Crippen LogP contribution is -2.48. The topological polar surface area (TPSA) is 92.3 Å². The number of ether oxygens (including phenoxy) is 1. The van der Waals surface area contributed by atoms with E-state index >= 15 is 0 Å². The van der Waals surface area contributed by atoms with Gasteiger partial charge in [0.05, 0.1) is 12.6 Å². The van der Waals surface area contributed by atoms with Gasteiger partial charge in [-0.1, -0.05) is 31.7 Å². The number of nitrogens with zero attached hydrogens (tertiary/aromatic N) is 1. The maximum Gasteiger partial charge on any atom is 0.328 e. The van der Waals surface area contributed by atoms with Gasteiger partial charge in [0.2, 0.25) is 5.91 Å². The molecule has 3 N–H and O–H groups in total. The van der Waals surface area contributed by atoms with Crippen molar-refractivity contribution in [1.82, 2.24) is 15.6 Å². The van der Waals surface area contributed by atoms with E-state index in [0.717, 1.165) is 76.7 Å². The molecule has 31 heavy (non-hydrogen) atoms. The summed E-state index contributed by atoms with van der Waals surface area (Å²) in [7, 11) is 0. The highest BCUT2D eigenvalue weighted by Crippen LogP contribution is 2.20. The molecule has 2 aliphatic heterocycles. The number of aryl methyl sites for hydroxylation is 2. The van der Waals surface area contributed by atoms with Gasteiger partial charge in [0.25, 0.3) is 0 Å². The molecule has 0 saturated carbocycles. The van der Waals surface area contributed by atoms with Gasteiger partial charge in [0.1, 0.15) is 11.9 Å². The van der Waals surface area contributed by atoms with Crippen molar-refractivity contribution in [2.45, 2.75) is 89.6 Å². The van der Waals surface area contributed by atoms with Crippen LogP contribution in [0.25, 0.3) is 0 Å². The van der Waals surface area contributed by atoms with Crippen LogP contribution in [-0.2, 0) is 27.2 Å². The molecule has 0 unspecified atom stereocenters. The fourth-order valence-corrected chi connectivity index (χ4v) is 4.37. The number of pyridine rings is 1. The molecule has 1 aromatic heterocycles. The van der Waals surface area contributed by atoms with Gasteiger partial charge in [-0.15, -0.1) is 0 Å². The van der Waals surface area contributed by atoms with Crippen LogP contribution >= 0.6 is 0 Å².